The molecule has 1 fully saturated rings. The van der Waals surface area contributed by atoms with Crippen molar-refractivity contribution in [1.29, 1.82) is 0 Å². The molecule has 1 aliphatic rings. The van der Waals surface area contributed by atoms with Crippen LogP contribution in [0.1, 0.15) is 0 Å². The molecule has 0 radical (unpaired) electrons. The molecule has 0 unspecified atom stereocenters. The lowest BCUT2D eigenvalue weighted by Crippen LogP contribution is -2.56. The highest BCUT2D eigenvalue weighted by atomic mass is 32.2. The van der Waals surface area contributed by atoms with Gasteiger partial charge in [-0.25, -0.2) is 0 Å². The van der Waals surface area contributed by atoms with Gasteiger partial charge < -0.3 is 5.73 Å². The molecule has 0 amide bonds. The quantitative estimate of drug-likeness (QED) is 0.435. The first-order valence-electron chi connectivity index (χ1n) is 4.21. The fourth-order valence-corrected chi connectivity index (χ4v) is 1.20. The largest absolute Gasteiger partial charge is 0.524 e. The average Bonchev–Trinajstić information content (AvgIpc) is 2.14. The number of hydrogen-bond acceptors (Lipinski definition) is 6. The van der Waals surface area contributed by atoms with Crippen LogP contribution in [0.5, 0.6) is 0 Å². The zero-order valence-electron chi connectivity index (χ0n) is 8.55. The Hall–Kier alpha value is -0.970. The molecule has 1 aliphatic heterocycles. The van der Waals surface area contributed by atoms with Gasteiger partial charge in [-0.15, -0.1) is 0 Å². The van der Waals surface area contributed by atoms with E-state index in [1.54, 1.807) is 0 Å². The first-order chi connectivity index (χ1) is 7.64. The van der Waals surface area contributed by atoms with Crippen LogP contribution in [0, 0.1) is 0 Å². The van der Waals surface area contributed by atoms with Crippen molar-refractivity contribution in [2.75, 3.05) is 13.1 Å². The SMILES string of the molecule is C=CC=O.NC1CN(OS(=O)(=O)C(F)(F)F)C1. The molecule has 0 spiro atoms. The average molecular weight is 276 g/mol. The van der Waals surface area contributed by atoms with Gasteiger partial charge in [0, 0.05) is 19.1 Å². The van der Waals surface area contributed by atoms with Gasteiger partial charge in [-0.2, -0.15) is 30.9 Å². The Kier molecular flexibility index (Phi) is 5.75. The van der Waals surface area contributed by atoms with Crippen molar-refractivity contribution >= 4 is 16.4 Å². The Labute approximate surface area is 95.9 Å². The van der Waals surface area contributed by atoms with Crippen molar-refractivity contribution in [2.45, 2.75) is 11.6 Å². The van der Waals surface area contributed by atoms with Crippen LogP contribution in [0.4, 0.5) is 13.2 Å². The van der Waals surface area contributed by atoms with Crippen molar-refractivity contribution in [3.63, 3.8) is 0 Å². The monoisotopic (exact) mass is 276 g/mol. The summed E-state index contributed by atoms with van der Waals surface area (Å²) in [7, 11) is -5.51. The molecule has 6 nitrogen and oxygen atoms in total. The minimum Gasteiger partial charge on any atom is -0.325 e. The summed E-state index contributed by atoms with van der Waals surface area (Å²) in [6, 6.07) is -0.330. The van der Waals surface area contributed by atoms with Gasteiger partial charge >= 0.3 is 15.6 Å². The first-order valence-corrected chi connectivity index (χ1v) is 5.62. The number of hydrogen-bond donors (Lipinski definition) is 1. The van der Waals surface area contributed by atoms with E-state index in [-0.39, 0.29) is 19.1 Å². The molecule has 10 heteroatoms. The molecule has 0 aromatic heterocycles. The third kappa shape index (κ3) is 5.26. The van der Waals surface area contributed by atoms with E-state index in [9.17, 15) is 21.6 Å². The smallest absolute Gasteiger partial charge is 0.325 e. The summed E-state index contributed by atoms with van der Waals surface area (Å²) in [5, 5.41) is 0.646. The van der Waals surface area contributed by atoms with Crippen LogP contribution in [0.3, 0.4) is 0 Å². The Morgan fingerprint density at radius 3 is 2.06 bits per heavy atom. The highest BCUT2D eigenvalue weighted by molar-refractivity contribution is 7.87. The number of nitrogens with two attached hydrogens (primary N) is 1. The normalized spacial score (nSPS) is 17.6. The number of alkyl halides is 3. The molecular formula is C7H11F3N2O4S. The van der Waals surface area contributed by atoms with Gasteiger partial charge in [0.1, 0.15) is 6.29 Å². The predicted molar refractivity (Wildman–Crippen MR) is 51.9 cm³/mol. The molecule has 0 aromatic carbocycles. The van der Waals surface area contributed by atoms with Crippen molar-refractivity contribution < 1.29 is 30.7 Å². The van der Waals surface area contributed by atoms with Crippen LogP contribution < -0.4 is 5.73 Å². The van der Waals surface area contributed by atoms with Crippen LogP contribution in [0.15, 0.2) is 12.7 Å². The third-order valence-corrected chi connectivity index (χ3v) is 2.43. The highest BCUT2D eigenvalue weighted by Gasteiger charge is 2.49. The number of carbonyl (C=O) groups is 1. The Balaban J connectivity index is 0.000000557. The van der Waals surface area contributed by atoms with E-state index < -0.39 is 15.6 Å². The van der Waals surface area contributed by atoms with E-state index in [0.29, 0.717) is 11.3 Å². The zero-order chi connectivity index (χ0) is 13.7. The Morgan fingerprint density at radius 2 is 1.82 bits per heavy atom. The number of allylic oxidation sites excluding steroid dienone is 1. The lowest BCUT2D eigenvalue weighted by Gasteiger charge is -2.34. The summed E-state index contributed by atoms with van der Waals surface area (Å²) >= 11 is 0. The molecule has 0 saturated carbocycles. The number of halogens is 3. The van der Waals surface area contributed by atoms with E-state index in [1.165, 1.54) is 6.08 Å². The fraction of sp³-hybridized carbons (Fsp3) is 0.571. The van der Waals surface area contributed by atoms with Crippen LogP contribution >= 0.6 is 0 Å². The van der Waals surface area contributed by atoms with E-state index in [2.05, 4.69) is 10.9 Å². The van der Waals surface area contributed by atoms with Gasteiger partial charge in [-0.05, 0) is 6.08 Å². The number of carbonyl (C=O) groups excluding carboxylic acids is 1. The fourth-order valence-electron chi connectivity index (χ4n) is 0.712. The van der Waals surface area contributed by atoms with Crippen molar-refractivity contribution in [2.24, 2.45) is 5.73 Å². The second-order valence-electron chi connectivity index (χ2n) is 2.95. The van der Waals surface area contributed by atoms with Gasteiger partial charge in [0.25, 0.3) is 0 Å². The maximum atomic E-state index is 11.7. The molecule has 0 aromatic rings. The van der Waals surface area contributed by atoms with Crippen molar-refractivity contribution in [3.8, 4) is 0 Å². The predicted octanol–water partition coefficient (Wildman–Crippen LogP) is -0.218. The highest BCUT2D eigenvalue weighted by Crippen LogP contribution is 2.26. The number of nitrogens with zero attached hydrogens (tertiary/aromatic N) is 1. The summed E-state index contributed by atoms with van der Waals surface area (Å²) in [6.45, 7) is 3.07. The van der Waals surface area contributed by atoms with Gasteiger partial charge in [0.05, 0.1) is 0 Å². The third-order valence-electron chi connectivity index (χ3n) is 1.46. The Morgan fingerprint density at radius 1 is 1.41 bits per heavy atom. The molecule has 1 heterocycles. The van der Waals surface area contributed by atoms with Gasteiger partial charge in [0.2, 0.25) is 0 Å². The summed E-state index contributed by atoms with van der Waals surface area (Å²) in [5.41, 5.74) is -0.183. The second kappa shape index (κ2) is 6.10. The number of aldehydes is 1. The van der Waals surface area contributed by atoms with Crippen molar-refractivity contribution in [1.82, 2.24) is 5.06 Å². The molecule has 0 atom stereocenters. The summed E-state index contributed by atoms with van der Waals surface area (Å²) < 4.78 is 59.4. The second-order valence-corrected chi connectivity index (χ2v) is 4.47. The Bertz CT molecular complexity index is 356. The van der Waals surface area contributed by atoms with Crippen LogP contribution in [0.2, 0.25) is 0 Å². The standard InChI is InChI=1S/C4H7F3N2O3S.C3H4O/c5-4(6,7)13(10,11)12-9-1-3(8)2-9;1-2-3-4/h3H,1-2,8H2;2-3H,1H2. The molecular weight excluding hydrogens is 265 g/mol. The number of rotatable bonds is 3. The van der Waals surface area contributed by atoms with Gasteiger partial charge in [0.15, 0.2) is 0 Å². The summed E-state index contributed by atoms with van der Waals surface area (Å²) in [6.07, 6.45) is 1.83. The summed E-state index contributed by atoms with van der Waals surface area (Å²) in [4.78, 5) is 9.06. The van der Waals surface area contributed by atoms with Gasteiger partial charge in [-0.3, -0.25) is 4.79 Å². The summed E-state index contributed by atoms with van der Waals surface area (Å²) in [5.74, 6) is 0. The molecule has 0 bridgehead atoms. The zero-order valence-corrected chi connectivity index (χ0v) is 9.37. The van der Waals surface area contributed by atoms with Crippen LogP contribution in [0.25, 0.3) is 0 Å². The topological polar surface area (TPSA) is 89.7 Å². The molecule has 1 saturated heterocycles. The molecule has 2 N–H and O–H groups in total. The molecule has 100 valence electrons. The van der Waals surface area contributed by atoms with Crippen LogP contribution in [-0.4, -0.2) is 44.4 Å². The molecule has 0 aliphatic carbocycles. The van der Waals surface area contributed by atoms with E-state index >= 15 is 0 Å². The minimum atomic E-state index is -5.51. The van der Waals surface area contributed by atoms with E-state index in [1.807, 2.05) is 0 Å². The number of hydroxylamine groups is 2. The van der Waals surface area contributed by atoms with Gasteiger partial charge in [-0.1, -0.05) is 6.58 Å². The van der Waals surface area contributed by atoms with E-state index in [0.717, 1.165) is 0 Å². The lowest BCUT2D eigenvalue weighted by atomic mass is 10.2. The molecule has 1 rings (SSSR count). The minimum absolute atomic E-state index is 0.0185. The first kappa shape index (κ1) is 16.0. The molecule has 17 heavy (non-hydrogen) atoms. The van der Waals surface area contributed by atoms with Crippen molar-refractivity contribution in [3.05, 3.63) is 12.7 Å². The maximum Gasteiger partial charge on any atom is 0.524 e. The van der Waals surface area contributed by atoms with Crippen LogP contribution in [-0.2, 0) is 19.2 Å². The maximum absolute atomic E-state index is 11.7. The lowest BCUT2D eigenvalue weighted by molar-refractivity contribution is -0.137. The van der Waals surface area contributed by atoms with E-state index in [4.69, 9.17) is 10.5 Å².